The number of benzene rings is 3. The van der Waals surface area contributed by atoms with E-state index < -0.39 is 21.8 Å². The van der Waals surface area contributed by atoms with Gasteiger partial charge in [0.1, 0.15) is 0 Å². The molecule has 0 atom stereocenters. The van der Waals surface area contributed by atoms with Crippen LogP contribution in [-0.4, -0.2) is 26.9 Å². The Balaban J connectivity index is 2.17. The van der Waals surface area contributed by atoms with Crippen molar-refractivity contribution in [1.29, 1.82) is 0 Å². The standard InChI is InChI=1S/C6H4ClO.2C6H5.Bi/c7-5-2-1-3-6(8)4-5;2*1-2-4-6-5-3-1;/h1,3-4,8H;2*1-5H;. The van der Waals surface area contributed by atoms with Gasteiger partial charge in [0.05, 0.1) is 0 Å². The van der Waals surface area contributed by atoms with E-state index in [4.69, 9.17) is 11.6 Å². The Kier molecular flexibility index (Phi) is 4.58. The second kappa shape index (κ2) is 6.60. The molecule has 0 unspecified atom stereocenters. The van der Waals surface area contributed by atoms with E-state index in [1.54, 1.807) is 12.1 Å². The average Bonchev–Trinajstić information content (AvgIpc) is 2.52. The summed E-state index contributed by atoms with van der Waals surface area (Å²) in [5.41, 5.74) is 0. The molecule has 0 fully saturated rings. The van der Waals surface area contributed by atoms with E-state index in [-0.39, 0.29) is 5.75 Å². The molecule has 3 rings (SSSR count). The molecule has 3 aromatic carbocycles. The molecule has 0 heterocycles. The molecule has 0 bridgehead atoms. The molecule has 21 heavy (non-hydrogen) atoms. The third kappa shape index (κ3) is 3.28. The van der Waals surface area contributed by atoms with Gasteiger partial charge in [-0.2, -0.15) is 0 Å². The first-order valence-corrected chi connectivity index (χ1v) is 12.2. The van der Waals surface area contributed by atoms with Gasteiger partial charge in [-0.15, -0.1) is 0 Å². The van der Waals surface area contributed by atoms with Crippen molar-refractivity contribution in [2.24, 2.45) is 0 Å². The maximum absolute atomic E-state index is 9.60. The van der Waals surface area contributed by atoms with Crippen molar-refractivity contribution in [3.05, 3.63) is 83.9 Å². The van der Waals surface area contributed by atoms with Crippen molar-refractivity contribution in [1.82, 2.24) is 0 Å². The van der Waals surface area contributed by atoms with Crippen molar-refractivity contribution >= 4 is 43.2 Å². The van der Waals surface area contributed by atoms with Crippen LogP contribution in [0.4, 0.5) is 0 Å². The minimum absolute atomic E-state index is 0.217. The van der Waals surface area contributed by atoms with Crippen LogP contribution in [-0.2, 0) is 0 Å². The molecular formula is C18H14BiClO. The van der Waals surface area contributed by atoms with Crippen LogP contribution < -0.4 is 9.81 Å². The third-order valence-electron chi connectivity index (χ3n) is 3.20. The molecule has 0 aliphatic carbocycles. The third-order valence-corrected chi connectivity index (χ3v) is 13.8. The molecule has 0 aromatic heterocycles. The summed E-state index contributed by atoms with van der Waals surface area (Å²) in [5.74, 6) is 0.217. The van der Waals surface area contributed by atoms with Crippen LogP contribution in [0.1, 0.15) is 0 Å². The maximum atomic E-state index is 9.60. The Bertz CT molecular complexity index is 689. The Morgan fingerprint density at radius 2 is 1.24 bits per heavy atom. The monoisotopic (exact) mass is 490 g/mol. The van der Waals surface area contributed by atoms with Crippen molar-refractivity contribution in [3.63, 3.8) is 0 Å². The number of phenols is 1. The number of hydrogen-bond acceptors (Lipinski definition) is 1. The van der Waals surface area contributed by atoms with Crippen LogP contribution in [0.3, 0.4) is 0 Å². The number of rotatable bonds is 3. The Labute approximate surface area is 137 Å². The summed E-state index contributed by atoms with van der Waals surface area (Å²) in [5, 5.41) is 10.3. The molecule has 0 aliphatic rings. The second-order valence-electron chi connectivity index (χ2n) is 4.64. The molecule has 1 N–H and O–H groups in total. The zero-order valence-electron chi connectivity index (χ0n) is 11.3. The Morgan fingerprint density at radius 1 is 0.714 bits per heavy atom. The average molecular weight is 491 g/mol. The van der Waals surface area contributed by atoms with Gasteiger partial charge in [0.15, 0.2) is 0 Å². The van der Waals surface area contributed by atoms with Gasteiger partial charge in [0, 0.05) is 0 Å². The van der Waals surface area contributed by atoms with Gasteiger partial charge in [-0.25, -0.2) is 0 Å². The molecule has 0 saturated carbocycles. The first-order valence-electron chi connectivity index (χ1n) is 6.64. The zero-order chi connectivity index (χ0) is 14.7. The van der Waals surface area contributed by atoms with E-state index in [9.17, 15) is 5.11 Å². The molecule has 0 saturated heterocycles. The SMILES string of the molecule is Oc1cc[c]([Bi]([c]2ccccc2)[c]2ccccc2)c(Cl)c1. The molecule has 3 aromatic rings. The van der Waals surface area contributed by atoms with E-state index in [2.05, 4.69) is 48.5 Å². The number of aromatic hydroxyl groups is 1. The summed E-state index contributed by atoms with van der Waals surface area (Å²) in [6.07, 6.45) is 0. The quantitative estimate of drug-likeness (QED) is 0.560. The fourth-order valence-corrected chi connectivity index (χ4v) is 12.1. The number of hydrogen-bond donors (Lipinski definition) is 1. The van der Waals surface area contributed by atoms with E-state index >= 15 is 0 Å². The Hall–Kier alpha value is -1.37. The minimum atomic E-state index is -2.39. The van der Waals surface area contributed by atoms with Crippen molar-refractivity contribution < 1.29 is 5.11 Å². The second-order valence-corrected chi connectivity index (χ2v) is 13.5. The van der Waals surface area contributed by atoms with E-state index in [1.165, 1.54) is 9.81 Å². The van der Waals surface area contributed by atoms with Gasteiger partial charge in [0.25, 0.3) is 0 Å². The summed E-state index contributed by atoms with van der Waals surface area (Å²) in [6.45, 7) is 0. The first kappa shape index (κ1) is 14.6. The Morgan fingerprint density at radius 3 is 1.71 bits per heavy atom. The van der Waals surface area contributed by atoms with Gasteiger partial charge < -0.3 is 0 Å². The summed E-state index contributed by atoms with van der Waals surface area (Å²) in [7, 11) is 0. The number of halogens is 1. The van der Waals surface area contributed by atoms with Gasteiger partial charge in [-0.1, -0.05) is 0 Å². The fourth-order valence-electron chi connectivity index (χ4n) is 2.26. The first-order chi connectivity index (χ1) is 10.3. The van der Waals surface area contributed by atoms with Crippen molar-refractivity contribution in [2.45, 2.75) is 0 Å². The van der Waals surface area contributed by atoms with Crippen LogP contribution in [0.15, 0.2) is 78.9 Å². The van der Waals surface area contributed by atoms with Gasteiger partial charge in [-0.3, -0.25) is 0 Å². The molecule has 0 aliphatic heterocycles. The normalized spacial score (nSPS) is 10.8. The molecule has 0 spiro atoms. The summed E-state index contributed by atoms with van der Waals surface area (Å²) in [4.78, 5) is 0. The van der Waals surface area contributed by atoms with Crippen LogP contribution in [0.2, 0.25) is 5.02 Å². The molecule has 0 radical (unpaired) electrons. The summed E-state index contributed by atoms with van der Waals surface area (Å²) in [6, 6.07) is 26.5. The van der Waals surface area contributed by atoms with E-state index in [0.29, 0.717) is 5.02 Å². The molecule has 1 nitrogen and oxygen atoms in total. The molecule has 3 heteroatoms. The molecular weight excluding hydrogens is 477 g/mol. The summed E-state index contributed by atoms with van der Waals surface area (Å²) < 4.78 is 3.96. The van der Waals surface area contributed by atoms with Crippen molar-refractivity contribution in [2.75, 3.05) is 0 Å². The van der Waals surface area contributed by atoms with Crippen LogP contribution >= 0.6 is 11.6 Å². The fraction of sp³-hybridized carbons (Fsp3) is 0. The van der Waals surface area contributed by atoms with Crippen LogP contribution in [0.25, 0.3) is 0 Å². The van der Waals surface area contributed by atoms with E-state index in [0.717, 1.165) is 0 Å². The van der Waals surface area contributed by atoms with Gasteiger partial charge in [-0.05, 0) is 0 Å². The van der Waals surface area contributed by atoms with Crippen LogP contribution in [0, 0.1) is 0 Å². The number of phenolic OH excluding ortho intramolecular Hbond substituents is 1. The van der Waals surface area contributed by atoms with E-state index in [1.807, 2.05) is 18.2 Å². The van der Waals surface area contributed by atoms with Gasteiger partial charge in [0.2, 0.25) is 0 Å². The van der Waals surface area contributed by atoms with Gasteiger partial charge >= 0.3 is 138 Å². The predicted molar refractivity (Wildman–Crippen MR) is 90.7 cm³/mol. The zero-order valence-corrected chi connectivity index (χ0v) is 15.5. The molecule has 104 valence electrons. The molecule has 0 amide bonds. The van der Waals surface area contributed by atoms with Crippen molar-refractivity contribution in [3.8, 4) is 5.75 Å². The topological polar surface area (TPSA) is 20.2 Å². The summed E-state index contributed by atoms with van der Waals surface area (Å²) >= 11 is 4.02. The van der Waals surface area contributed by atoms with Crippen LogP contribution in [0.5, 0.6) is 5.75 Å². The predicted octanol–water partition coefficient (Wildman–Crippen LogP) is 2.56.